The number of carbonyl (C=O) groups excluding carboxylic acids is 1. The van der Waals surface area contributed by atoms with Crippen molar-refractivity contribution in [1.82, 2.24) is 0 Å². The van der Waals surface area contributed by atoms with Gasteiger partial charge in [0.05, 0.1) is 20.8 Å². The summed E-state index contributed by atoms with van der Waals surface area (Å²) >= 11 is 0. The Morgan fingerprint density at radius 2 is 1.95 bits per heavy atom. The Balaban J connectivity index is 2.59. The van der Waals surface area contributed by atoms with Crippen LogP contribution >= 0.6 is 0 Å². The molecule has 5 nitrogen and oxygen atoms in total. The number of benzene rings is 1. The van der Waals surface area contributed by atoms with Gasteiger partial charge >= 0.3 is 5.97 Å². The van der Waals surface area contributed by atoms with E-state index in [9.17, 15) is 4.79 Å². The molecule has 5 heteroatoms. The van der Waals surface area contributed by atoms with Gasteiger partial charge in [-0.3, -0.25) is 4.89 Å². The summed E-state index contributed by atoms with van der Waals surface area (Å²) in [5.74, 6) is 0.643. The van der Waals surface area contributed by atoms with Crippen LogP contribution in [0.25, 0.3) is 0 Å². The maximum Gasteiger partial charge on any atom is 0.376 e. The van der Waals surface area contributed by atoms with Crippen molar-refractivity contribution in [3.8, 4) is 11.5 Å². The van der Waals surface area contributed by atoms with Gasteiger partial charge in [0.2, 0.25) is 0 Å². The Morgan fingerprint density at radius 1 is 1.18 bits per heavy atom. The van der Waals surface area contributed by atoms with Crippen LogP contribution in [0.2, 0.25) is 0 Å². The second-order valence-electron chi connectivity index (χ2n) is 5.11. The standard InChI is InChI=1S/C17H26O5/c1-5-7-9-13(6-2)12-21-22-17(18)14-10-8-11-15(19-3)16(14)20-4/h8,10-11,13H,5-7,9,12H2,1-4H3. The van der Waals surface area contributed by atoms with Crippen molar-refractivity contribution < 1.29 is 24.0 Å². The summed E-state index contributed by atoms with van der Waals surface area (Å²) in [7, 11) is 3.00. The van der Waals surface area contributed by atoms with Gasteiger partial charge in [0.1, 0.15) is 5.56 Å². The number of ether oxygens (including phenoxy) is 2. The van der Waals surface area contributed by atoms with E-state index in [-0.39, 0.29) is 5.56 Å². The predicted molar refractivity (Wildman–Crippen MR) is 84.2 cm³/mol. The largest absolute Gasteiger partial charge is 0.493 e. The van der Waals surface area contributed by atoms with Gasteiger partial charge in [-0.25, -0.2) is 4.79 Å². The Bertz CT molecular complexity index is 458. The molecule has 1 unspecified atom stereocenters. The minimum Gasteiger partial charge on any atom is -0.493 e. The van der Waals surface area contributed by atoms with E-state index in [1.165, 1.54) is 14.2 Å². The molecule has 0 bridgehead atoms. The van der Waals surface area contributed by atoms with Crippen molar-refractivity contribution >= 4 is 5.97 Å². The molecule has 0 N–H and O–H groups in total. The average Bonchev–Trinajstić information content (AvgIpc) is 2.56. The number of unbranched alkanes of at least 4 members (excludes halogenated alkanes) is 1. The predicted octanol–water partition coefficient (Wildman–Crippen LogP) is 4.01. The molecule has 1 atom stereocenters. The van der Waals surface area contributed by atoms with E-state index in [1.807, 2.05) is 0 Å². The van der Waals surface area contributed by atoms with Gasteiger partial charge in [-0.05, 0) is 24.5 Å². The molecule has 0 spiro atoms. The number of hydrogen-bond donors (Lipinski definition) is 0. The molecular weight excluding hydrogens is 284 g/mol. The van der Waals surface area contributed by atoms with Crippen LogP contribution in [0.4, 0.5) is 0 Å². The first-order valence-corrected chi connectivity index (χ1v) is 7.72. The zero-order valence-corrected chi connectivity index (χ0v) is 13.9. The fourth-order valence-electron chi connectivity index (χ4n) is 2.17. The molecule has 0 aliphatic heterocycles. The third kappa shape index (κ3) is 5.22. The van der Waals surface area contributed by atoms with Crippen molar-refractivity contribution in [1.29, 1.82) is 0 Å². The summed E-state index contributed by atoms with van der Waals surface area (Å²) in [5.41, 5.74) is 0.281. The lowest BCUT2D eigenvalue weighted by molar-refractivity contribution is -0.249. The van der Waals surface area contributed by atoms with Crippen molar-refractivity contribution in [2.24, 2.45) is 5.92 Å². The molecule has 0 fully saturated rings. The van der Waals surface area contributed by atoms with Crippen LogP contribution in [0.1, 0.15) is 49.9 Å². The lowest BCUT2D eigenvalue weighted by Gasteiger charge is -2.14. The molecular formula is C17H26O5. The van der Waals surface area contributed by atoms with E-state index in [0.717, 1.165) is 25.7 Å². The first-order chi connectivity index (χ1) is 10.7. The molecule has 0 saturated carbocycles. The molecule has 1 aromatic carbocycles. The van der Waals surface area contributed by atoms with E-state index < -0.39 is 5.97 Å². The molecule has 0 radical (unpaired) electrons. The monoisotopic (exact) mass is 310 g/mol. The number of rotatable bonds is 10. The van der Waals surface area contributed by atoms with Gasteiger partial charge < -0.3 is 9.47 Å². The van der Waals surface area contributed by atoms with E-state index >= 15 is 0 Å². The lowest BCUT2D eigenvalue weighted by Crippen LogP contribution is -2.14. The number of methoxy groups -OCH3 is 2. The Labute approximate surface area is 132 Å². The van der Waals surface area contributed by atoms with Crippen LogP contribution in [-0.2, 0) is 9.78 Å². The van der Waals surface area contributed by atoms with Crippen molar-refractivity contribution in [3.05, 3.63) is 23.8 Å². The lowest BCUT2D eigenvalue weighted by atomic mass is 10.0. The second-order valence-corrected chi connectivity index (χ2v) is 5.11. The molecule has 0 aliphatic rings. The molecule has 1 rings (SSSR count). The highest BCUT2D eigenvalue weighted by molar-refractivity contribution is 5.93. The topological polar surface area (TPSA) is 54.0 Å². The summed E-state index contributed by atoms with van der Waals surface area (Å²) in [5, 5.41) is 0. The fourth-order valence-corrected chi connectivity index (χ4v) is 2.17. The minimum absolute atomic E-state index is 0.281. The summed E-state index contributed by atoms with van der Waals surface area (Å²) in [6, 6.07) is 5.03. The van der Waals surface area contributed by atoms with Crippen LogP contribution in [0.3, 0.4) is 0 Å². The van der Waals surface area contributed by atoms with Crippen LogP contribution in [0.15, 0.2) is 18.2 Å². The number of para-hydroxylation sites is 1. The zero-order valence-electron chi connectivity index (χ0n) is 13.9. The highest BCUT2D eigenvalue weighted by Gasteiger charge is 2.19. The van der Waals surface area contributed by atoms with Crippen molar-refractivity contribution in [2.45, 2.75) is 39.5 Å². The Hall–Kier alpha value is -1.75. The van der Waals surface area contributed by atoms with Gasteiger partial charge in [0, 0.05) is 0 Å². The average molecular weight is 310 g/mol. The smallest absolute Gasteiger partial charge is 0.376 e. The van der Waals surface area contributed by atoms with Crippen LogP contribution in [-0.4, -0.2) is 26.8 Å². The van der Waals surface area contributed by atoms with Gasteiger partial charge in [0.25, 0.3) is 0 Å². The van der Waals surface area contributed by atoms with Gasteiger partial charge in [-0.15, -0.1) is 0 Å². The molecule has 22 heavy (non-hydrogen) atoms. The zero-order chi connectivity index (χ0) is 16.4. The third-order valence-corrected chi connectivity index (χ3v) is 3.60. The first kappa shape index (κ1) is 18.3. The molecule has 0 saturated heterocycles. The summed E-state index contributed by atoms with van der Waals surface area (Å²) < 4.78 is 10.4. The first-order valence-electron chi connectivity index (χ1n) is 7.72. The number of carbonyl (C=O) groups is 1. The molecule has 124 valence electrons. The van der Waals surface area contributed by atoms with Gasteiger partial charge in [-0.1, -0.05) is 39.2 Å². The van der Waals surface area contributed by atoms with E-state index in [0.29, 0.717) is 24.0 Å². The van der Waals surface area contributed by atoms with Crippen LogP contribution in [0.5, 0.6) is 11.5 Å². The van der Waals surface area contributed by atoms with E-state index in [4.69, 9.17) is 19.2 Å². The summed E-state index contributed by atoms with van der Waals surface area (Å²) in [4.78, 5) is 22.1. The van der Waals surface area contributed by atoms with Crippen molar-refractivity contribution in [2.75, 3.05) is 20.8 Å². The van der Waals surface area contributed by atoms with E-state index in [1.54, 1.807) is 18.2 Å². The Morgan fingerprint density at radius 3 is 2.55 bits per heavy atom. The molecule has 0 aliphatic carbocycles. The molecule has 1 aromatic rings. The second kappa shape index (κ2) is 10.1. The molecule has 0 amide bonds. The maximum absolute atomic E-state index is 12.1. The van der Waals surface area contributed by atoms with Gasteiger partial charge in [0.15, 0.2) is 11.5 Å². The van der Waals surface area contributed by atoms with Crippen LogP contribution < -0.4 is 9.47 Å². The summed E-state index contributed by atoms with van der Waals surface area (Å²) in [6.07, 6.45) is 4.38. The minimum atomic E-state index is -0.582. The molecule has 0 heterocycles. The Kier molecular flexibility index (Phi) is 8.36. The van der Waals surface area contributed by atoms with Crippen molar-refractivity contribution in [3.63, 3.8) is 0 Å². The highest BCUT2D eigenvalue weighted by atomic mass is 17.2. The maximum atomic E-state index is 12.1. The highest BCUT2D eigenvalue weighted by Crippen LogP contribution is 2.31. The SMILES string of the molecule is CCCCC(CC)COOC(=O)c1cccc(OC)c1OC. The number of hydrogen-bond acceptors (Lipinski definition) is 5. The van der Waals surface area contributed by atoms with Gasteiger partial charge in [-0.2, -0.15) is 4.89 Å². The van der Waals surface area contributed by atoms with E-state index in [2.05, 4.69) is 13.8 Å². The fraction of sp³-hybridized carbons (Fsp3) is 0.588. The van der Waals surface area contributed by atoms with Crippen LogP contribution in [0, 0.1) is 5.92 Å². The normalized spacial score (nSPS) is 11.8. The molecule has 0 aromatic heterocycles. The summed E-state index contributed by atoms with van der Waals surface area (Å²) in [6.45, 7) is 4.67. The quantitative estimate of drug-likeness (QED) is 0.483. The third-order valence-electron chi connectivity index (χ3n) is 3.60.